The van der Waals surface area contributed by atoms with Crippen LogP contribution in [0.5, 0.6) is 0 Å². The van der Waals surface area contributed by atoms with E-state index in [1.54, 1.807) is 23.2 Å². The maximum Gasteiger partial charge on any atom is 0.259 e. The van der Waals surface area contributed by atoms with Crippen LogP contribution in [0.4, 0.5) is 5.82 Å². The number of aromatic nitrogens is 1. The van der Waals surface area contributed by atoms with Gasteiger partial charge in [-0.1, -0.05) is 44.4 Å². The number of carbonyl (C=O) groups excluding carboxylic acids is 1. The average molecular weight is 242 g/mol. The number of hydrogen-bond acceptors (Lipinski definition) is 2. The molecular formula is C15H18N2O. The van der Waals surface area contributed by atoms with E-state index in [0.29, 0.717) is 17.9 Å². The third kappa shape index (κ3) is 3.42. The Balaban J connectivity index is 3.06. The van der Waals surface area contributed by atoms with Gasteiger partial charge >= 0.3 is 0 Å². The Bertz CT molecular complexity index is 449. The first-order valence-electron chi connectivity index (χ1n) is 5.92. The molecule has 0 fully saturated rings. The standard InChI is InChI=1S/C15H18N2O/c1-4-9-13(6-3)15(18)17(12-5-2)14-10-7-8-11-16-14/h4,6-11H,1,3,5,12H2,2H3. The molecule has 0 aliphatic rings. The third-order valence-corrected chi connectivity index (χ3v) is 2.38. The second kappa shape index (κ2) is 7.22. The van der Waals surface area contributed by atoms with Gasteiger partial charge in [0.05, 0.1) is 0 Å². The van der Waals surface area contributed by atoms with E-state index in [0.717, 1.165) is 6.42 Å². The highest BCUT2D eigenvalue weighted by atomic mass is 16.2. The van der Waals surface area contributed by atoms with E-state index in [1.807, 2.05) is 25.1 Å². The summed E-state index contributed by atoms with van der Waals surface area (Å²) in [5, 5.41) is 0. The molecule has 0 saturated carbocycles. The smallest absolute Gasteiger partial charge is 0.259 e. The molecule has 1 heterocycles. The summed E-state index contributed by atoms with van der Waals surface area (Å²) in [6, 6.07) is 5.51. The molecular weight excluding hydrogens is 224 g/mol. The fourth-order valence-corrected chi connectivity index (χ4v) is 1.57. The quantitative estimate of drug-likeness (QED) is 0.567. The summed E-state index contributed by atoms with van der Waals surface area (Å²) in [6.07, 6.45) is 7.31. The minimum atomic E-state index is -0.106. The molecule has 18 heavy (non-hydrogen) atoms. The Morgan fingerprint density at radius 3 is 2.72 bits per heavy atom. The molecule has 1 amide bonds. The van der Waals surface area contributed by atoms with Crippen molar-refractivity contribution in [3.8, 4) is 0 Å². The summed E-state index contributed by atoms with van der Waals surface area (Å²) in [7, 11) is 0. The van der Waals surface area contributed by atoms with Crippen LogP contribution in [0.2, 0.25) is 0 Å². The van der Waals surface area contributed by atoms with Crippen LogP contribution in [0.1, 0.15) is 13.3 Å². The summed E-state index contributed by atoms with van der Waals surface area (Å²) in [5.74, 6) is 0.548. The number of hydrogen-bond donors (Lipinski definition) is 0. The molecule has 0 aliphatic heterocycles. The van der Waals surface area contributed by atoms with Crippen molar-refractivity contribution in [2.75, 3.05) is 11.4 Å². The molecule has 0 aliphatic carbocycles. The number of carbonyl (C=O) groups is 1. The maximum atomic E-state index is 12.4. The van der Waals surface area contributed by atoms with Crippen molar-refractivity contribution in [2.24, 2.45) is 0 Å². The largest absolute Gasteiger partial charge is 0.293 e. The molecule has 0 aromatic carbocycles. The van der Waals surface area contributed by atoms with Gasteiger partial charge in [-0.25, -0.2) is 4.98 Å². The van der Waals surface area contributed by atoms with Gasteiger partial charge in [-0.2, -0.15) is 0 Å². The van der Waals surface area contributed by atoms with Crippen LogP contribution in [-0.4, -0.2) is 17.4 Å². The number of pyridine rings is 1. The Labute approximate surface area is 108 Å². The summed E-state index contributed by atoms with van der Waals surface area (Å²) in [6.45, 7) is 9.90. The van der Waals surface area contributed by atoms with Crippen molar-refractivity contribution in [2.45, 2.75) is 13.3 Å². The zero-order valence-electron chi connectivity index (χ0n) is 10.7. The minimum absolute atomic E-state index is 0.106. The summed E-state index contributed by atoms with van der Waals surface area (Å²) >= 11 is 0. The van der Waals surface area contributed by atoms with Crippen LogP contribution in [0.3, 0.4) is 0 Å². The van der Waals surface area contributed by atoms with Crippen LogP contribution < -0.4 is 4.90 Å². The van der Waals surface area contributed by atoms with E-state index in [2.05, 4.69) is 18.1 Å². The monoisotopic (exact) mass is 242 g/mol. The van der Waals surface area contributed by atoms with Gasteiger partial charge in [-0.3, -0.25) is 9.69 Å². The molecule has 0 spiro atoms. The van der Waals surface area contributed by atoms with Gasteiger partial charge < -0.3 is 0 Å². The van der Waals surface area contributed by atoms with Crippen LogP contribution >= 0.6 is 0 Å². The Morgan fingerprint density at radius 2 is 2.22 bits per heavy atom. The van der Waals surface area contributed by atoms with E-state index in [1.165, 1.54) is 6.08 Å². The lowest BCUT2D eigenvalue weighted by Gasteiger charge is -2.21. The van der Waals surface area contributed by atoms with E-state index in [9.17, 15) is 4.79 Å². The zero-order valence-corrected chi connectivity index (χ0v) is 10.7. The van der Waals surface area contributed by atoms with Gasteiger partial charge in [0, 0.05) is 18.3 Å². The zero-order chi connectivity index (χ0) is 13.4. The molecule has 94 valence electrons. The highest BCUT2D eigenvalue weighted by Crippen LogP contribution is 2.14. The Hall–Kier alpha value is -2.16. The number of amides is 1. The lowest BCUT2D eigenvalue weighted by atomic mass is 10.2. The molecule has 1 aromatic heterocycles. The summed E-state index contributed by atoms with van der Waals surface area (Å²) < 4.78 is 0. The first-order chi connectivity index (χ1) is 8.74. The van der Waals surface area contributed by atoms with Crippen molar-refractivity contribution < 1.29 is 4.79 Å². The third-order valence-electron chi connectivity index (χ3n) is 2.38. The van der Waals surface area contributed by atoms with Crippen LogP contribution in [0, 0.1) is 0 Å². The molecule has 0 bridgehead atoms. The van der Waals surface area contributed by atoms with Crippen LogP contribution in [0.25, 0.3) is 0 Å². The van der Waals surface area contributed by atoms with Crippen molar-refractivity contribution in [3.05, 3.63) is 61.4 Å². The maximum absolute atomic E-state index is 12.4. The fourth-order valence-electron chi connectivity index (χ4n) is 1.57. The summed E-state index contributed by atoms with van der Waals surface area (Å²) in [5.41, 5.74) is 0.518. The van der Waals surface area contributed by atoms with Crippen LogP contribution in [0.15, 0.2) is 61.4 Å². The topological polar surface area (TPSA) is 33.2 Å². The van der Waals surface area contributed by atoms with Gasteiger partial charge in [-0.05, 0) is 18.6 Å². The SMILES string of the molecule is C=CC=C(C=C)C(=O)N(CCC)c1ccccn1. The van der Waals surface area contributed by atoms with E-state index >= 15 is 0 Å². The number of nitrogens with zero attached hydrogens (tertiary/aromatic N) is 2. The molecule has 1 rings (SSSR count). The van der Waals surface area contributed by atoms with Gasteiger partial charge in [-0.15, -0.1) is 0 Å². The summed E-state index contributed by atoms with van der Waals surface area (Å²) in [4.78, 5) is 18.2. The second-order valence-electron chi connectivity index (χ2n) is 3.71. The lowest BCUT2D eigenvalue weighted by molar-refractivity contribution is -0.114. The molecule has 3 heteroatoms. The Morgan fingerprint density at radius 1 is 1.44 bits per heavy atom. The van der Waals surface area contributed by atoms with Crippen molar-refractivity contribution in [1.82, 2.24) is 4.98 Å². The highest BCUT2D eigenvalue weighted by molar-refractivity contribution is 6.07. The van der Waals surface area contributed by atoms with Gasteiger partial charge in [0.1, 0.15) is 5.82 Å². The predicted molar refractivity (Wildman–Crippen MR) is 75.4 cm³/mol. The molecule has 0 radical (unpaired) electrons. The first kappa shape index (κ1) is 13.9. The molecule has 0 N–H and O–H groups in total. The van der Waals surface area contributed by atoms with E-state index < -0.39 is 0 Å². The number of allylic oxidation sites excluding steroid dienone is 2. The number of rotatable bonds is 6. The van der Waals surface area contributed by atoms with E-state index in [4.69, 9.17) is 0 Å². The van der Waals surface area contributed by atoms with Gasteiger partial charge in [0.25, 0.3) is 5.91 Å². The van der Waals surface area contributed by atoms with Crippen molar-refractivity contribution >= 4 is 11.7 Å². The highest BCUT2D eigenvalue weighted by Gasteiger charge is 2.17. The minimum Gasteiger partial charge on any atom is -0.293 e. The predicted octanol–water partition coefficient (Wildman–Crippen LogP) is 3.12. The van der Waals surface area contributed by atoms with Crippen molar-refractivity contribution in [1.29, 1.82) is 0 Å². The molecule has 3 nitrogen and oxygen atoms in total. The number of anilines is 1. The molecule has 0 unspecified atom stereocenters. The molecule has 0 saturated heterocycles. The van der Waals surface area contributed by atoms with Gasteiger partial charge in [0.2, 0.25) is 0 Å². The van der Waals surface area contributed by atoms with Crippen molar-refractivity contribution in [3.63, 3.8) is 0 Å². The van der Waals surface area contributed by atoms with Crippen LogP contribution in [-0.2, 0) is 4.79 Å². The van der Waals surface area contributed by atoms with Gasteiger partial charge in [0.15, 0.2) is 0 Å². The lowest BCUT2D eigenvalue weighted by Crippen LogP contribution is -2.33. The average Bonchev–Trinajstić information content (AvgIpc) is 2.42. The Kier molecular flexibility index (Phi) is 5.58. The fraction of sp³-hybridized carbons (Fsp3) is 0.200. The van der Waals surface area contributed by atoms with E-state index in [-0.39, 0.29) is 5.91 Å². The first-order valence-corrected chi connectivity index (χ1v) is 5.92. The molecule has 1 aromatic rings. The molecule has 0 atom stereocenters. The normalized spacial score (nSPS) is 10.8. The second-order valence-corrected chi connectivity index (χ2v) is 3.71.